The molecular weight excluding hydrogens is 300 g/mol. The summed E-state index contributed by atoms with van der Waals surface area (Å²) in [5.41, 5.74) is 1.82. The number of hydrogen-bond donors (Lipinski definition) is 3. The van der Waals surface area contributed by atoms with Crippen molar-refractivity contribution in [2.75, 3.05) is 13.6 Å². The molecule has 0 saturated heterocycles. The minimum atomic E-state index is -0.00540. The van der Waals surface area contributed by atoms with Gasteiger partial charge in [-0.25, -0.2) is 0 Å². The van der Waals surface area contributed by atoms with E-state index in [0.717, 1.165) is 43.8 Å². The fourth-order valence-electron chi connectivity index (χ4n) is 2.56. The molecule has 0 aliphatic heterocycles. The third-order valence-electron chi connectivity index (χ3n) is 4.06. The normalized spacial score (nSPS) is 14.7. The van der Waals surface area contributed by atoms with Crippen molar-refractivity contribution in [2.24, 2.45) is 4.99 Å². The monoisotopic (exact) mass is 328 g/mol. The molecule has 24 heavy (non-hydrogen) atoms. The van der Waals surface area contributed by atoms with Crippen LogP contribution in [0.15, 0.2) is 41.4 Å². The molecule has 0 fully saturated rings. The van der Waals surface area contributed by atoms with Crippen LogP contribution in [0.2, 0.25) is 0 Å². The highest BCUT2D eigenvalue weighted by atomic mass is 16.1. The van der Waals surface area contributed by atoms with Gasteiger partial charge in [-0.2, -0.15) is 0 Å². The summed E-state index contributed by atoms with van der Waals surface area (Å²) in [6.45, 7) is 3.52. The number of carbonyl (C=O) groups is 1. The maximum absolute atomic E-state index is 12.0. The average molecular weight is 328 g/mol. The van der Waals surface area contributed by atoms with Gasteiger partial charge in [0.15, 0.2) is 5.96 Å². The third-order valence-corrected chi connectivity index (χ3v) is 4.06. The van der Waals surface area contributed by atoms with E-state index in [9.17, 15) is 4.79 Å². The van der Waals surface area contributed by atoms with Crippen LogP contribution in [0, 0.1) is 0 Å². The van der Waals surface area contributed by atoms with E-state index in [-0.39, 0.29) is 5.91 Å². The third kappa shape index (κ3) is 5.72. The first-order valence-electron chi connectivity index (χ1n) is 8.72. The second-order valence-electron chi connectivity index (χ2n) is 6.02. The van der Waals surface area contributed by atoms with Crippen LogP contribution in [0.25, 0.3) is 0 Å². The molecule has 0 atom stereocenters. The average Bonchev–Trinajstić information content (AvgIpc) is 3.12. The van der Waals surface area contributed by atoms with Gasteiger partial charge in [0.1, 0.15) is 0 Å². The van der Waals surface area contributed by atoms with Crippen LogP contribution in [0.5, 0.6) is 0 Å². The fraction of sp³-hybridized carbons (Fsp3) is 0.474. The van der Waals surface area contributed by atoms with Crippen molar-refractivity contribution >= 4 is 11.9 Å². The highest BCUT2D eigenvalue weighted by Crippen LogP contribution is 2.09. The standard InChI is InChI=1S/C19H28N4O/c1-3-4-13-21-18(24)16-11-9-15(10-12-16)14-22-19(20-2)23-17-7-5-6-8-17/h5-6,9-12,17H,3-4,7-8,13-14H2,1-2H3,(H,21,24)(H2,20,22,23). The van der Waals surface area contributed by atoms with Crippen molar-refractivity contribution in [3.63, 3.8) is 0 Å². The minimum Gasteiger partial charge on any atom is -0.353 e. The predicted octanol–water partition coefficient (Wildman–Crippen LogP) is 2.60. The molecule has 1 aromatic rings. The van der Waals surface area contributed by atoms with E-state index in [4.69, 9.17) is 0 Å². The van der Waals surface area contributed by atoms with E-state index >= 15 is 0 Å². The van der Waals surface area contributed by atoms with Gasteiger partial charge in [0.25, 0.3) is 5.91 Å². The summed E-state index contributed by atoms with van der Waals surface area (Å²) in [7, 11) is 1.78. The van der Waals surface area contributed by atoms with Gasteiger partial charge >= 0.3 is 0 Å². The van der Waals surface area contributed by atoms with Crippen LogP contribution < -0.4 is 16.0 Å². The summed E-state index contributed by atoms with van der Waals surface area (Å²) in [4.78, 5) is 16.2. The van der Waals surface area contributed by atoms with Crippen LogP contribution in [0.3, 0.4) is 0 Å². The van der Waals surface area contributed by atoms with Crippen molar-refractivity contribution in [3.8, 4) is 0 Å². The Kier molecular flexibility index (Phi) is 7.33. The van der Waals surface area contributed by atoms with Gasteiger partial charge in [-0.1, -0.05) is 37.6 Å². The van der Waals surface area contributed by atoms with Crippen molar-refractivity contribution in [1.82, 2.24) is 16.0 Å². The maximum atomic E-state index is 12.0. The Labute approximate surface area is 144 Å². The van der Waals surface area contributed by atoms with Crippen molar-refractivity contribution in [3.05, 3.63) is 47.5 Å². The Bertz CT molecular complexity index is 570. The number of benzene rings is 1. The molecule has 5 heteroatoms. The topological polar surface area (TPSA) is 65.5 Å². The quantitative estimate of drug-likeness (QED) is 0.312. The van der Waals surface area contributed by atoms with Crippen LogP contribution in [-0.2, 0) is 6.54 Å². The van der Waals surface area contributed by atoms with Gasteiger partial charge in [0.05, 0.1) is 0 Å². The van der Waals surface area contributed by atoms with Gasteiger partial charge in [-0.3, -0.25) is 9.79 Å². The highest BCUT2D eigenvalue weighted by Gasteiger charge is 2.11. The molecule has 1 aromatic carbocycles. The Morgan fingerprint density at radius 2 is 1.88 bits per heavy atom. The van der Waals surface area contributed by atoms with Crippen molar-refractivity contribution in [2.45, 2.75) is 45.2 Å². The van der Waals surface area contributed by atoms with Crippen LogP contribution in [-0.4, -0.2) is 31.5 Å². The summed E-state index contributed by atoms with van der Waals surface area (Å²) < 4.78 is 0. The van der Waals surface area contributed by atoms with E-state index in [1.54, 1.807) is 7.05 Å². The van der Waals surface area contributed by atoms with Gasteiger partial charge in [-0.15, -0.1) is 0 Å². The molecule has 0 aromatic heterocycles. The maximum Gasteiger partial charge on any atom is 0.251 e. The molecule has 3 N–H and O–H groups in total. The molecule has 0 spiro atoms. The number of unbranched alkanes of at least 4 members (excludes halogenated alkanes) is 1. The lowest BCUT2D eigenvalue weighted by molar-refractivity contribution is 0.0953. The van der Waals surface area contributed by atoms with E-state index in [1.807, 2.05) is 24.3 Å². The van der Waals surface area contributed by atoms with Gasteiger partial charge in [-0.05, 0) is 37.0 Å². The Morgan fingerprint density at radius 3 is 2.50 bits per heavy atom. The molecule has 5 nitrogen and oxygen atoms in total. The molecule has 1 amide bonds. The van der Waals surface area contributed by atoms with Crippen LogP contribution >= 0.6 is 0 Å². The predicted molar refractivity (Wildman–Crippen MR) is 99.2 cm³/mol. The largest absolute Gasteiger partial charge is 0.353 e. The van der Waals surface area contributed by atoms with E-state index in [2.05, 4.69) is 40.0 Å². The first-order valence-corrected chi connectivity index (χ1v) is 8.72. The van der Waals surface area contributed by atoms with E-state index in [1.165, 1.54) is 0 Å². The fourth-order valence-corrected chi connectivity index (χ4v) is 2.56. The summed E-state index contributed by atoms with van der Waals surface area (Å²) in [6.07, 6.45) is 8.56. The van der Waals surface area contributed by atoms with Gasteiger partial charge in [0.2, 0.25) is 0 Å². The number of aliphatic imine (C=N–C) groups is 1. The summed E-state index contributed by atoms with van der Waals surface area (Å²) in [6, 6.07) is 8.13. The molecule has 2 rings (SSSR count). The van der Waals surface area contributed by atoms with Gasteiger partial charge < -0.3 is 16.0 Å². The minimum absolute atomic E-state index is 0.00540. The Hall–Kier alpha value is -2.30. The smallest absolute Gasteiger partial charge is 0.251 e. The first-order chi connectivity index (χ1) is 11.7. The lowest BCUT2D eigenvalue weighted by Crippen LogP contribution is -2.42. The SMILES string of the molecule is CCCCNC(=O)c1ccc(CNC(=NC)NC2CC=CC2)cc1. The number of nitrogens with one attached hydrogen (secondary N) is 3. The summed E-state index contributed by atoms with van der Waals surface area (Å²) in [5, 5.41) is 9.65. The molecule has 130 valence electrons. The molecular formula is C19H28N4O. The number of nitrogens with zero attached hydrogens (tertiary/aromatic N) is 1. The second-order valence-corrected chi connectivity index (χ2v) is 6.02. The molecule has 0 radical (unpaired) electrons. The Balaban J connectivity index is 1.79. The van der Waals surface area contributed by atoms with E-state index in [0.29, 0.717) is 18.2 Å². The van der Waals surface area contributed by atoms with Crippen molar-refractivity contribution in [1.29, 1.82) is 0 Å². The number of guanidine groups is 1. The molecule has 0 bridgehead atoms. The zero-order valence-electron chi connectivity index (χ0n) is 14.6. The Morgan fingerprint density at radius 1 is 1.17 bits per heavy atom. The van der Waals surface area contributed by atoms with Crippen LogP contribution in [0.1, 0.15) is 48.5 Å². The number of hydrogen-bond acceptors (Lipinski definition) is 2. The number of rotatable bonds is 7. The second kappa shape index (κ2) is 9.75. The zero-order valence-corrected chi connectivity index (χ0v) is 14.6. The molecule has 0 unspecified atom stereocenters. The number of carbonyl (C=O) groups excluding carboxylic acids is 1. The molecule has 1 aliphatic rings. The zero-order chi connectivity index (χ0) is 17.2. The lowest BCUT2D eigenvalue weighted by atomic mass is 10.1. The summed E-state index contributed by atoms with van der Waals surface area (Å²) in [5.74, 6) is 0.805. The first kappa shape index (κ1) is 18.0. The van der Waals surface area contributed by atoms with Gasteiger partial charge in [0, 0.05) is 31.7 Å². The molecule has 1 aliphatic carbocycles. The lowest BCUT2D eigenvalue weighted by Gasteiger charge is -2.17. The van der Waals surface area contributed by atoms with E-state index < -0.39 is 0 Å². The molecule has 0 heterocycles. The number of amides is 1. The molecule has 0 saturated carbocycles. The highest BCUT2D eigenvalue weighted by molar-refractivity contribution is 5.94. The van der Waals surface area contributed by atoms with Crippen molar-refractivity contribution < 1.29 is 4.79 Å². The summed E-state index contributed by atoms with van der Waals surface area (Å²) >= 11 is 0. The van der Waals surface area contributed by atoms with Crippen LogP contribution in [0.4, 0.5) is 0 Å².